The molecule has 0 unspecified atom stereocenters. The molecule has 5 nitrogen and oxygen atoms in total. The molecule has 0 spiro atoms. The SMILES string of the molecule is COc1ccccc1CCN1COc2cc(C)c3c(c2C1)OC(=C(C)C)C3=O. The van der Waals surface area contributed by atoms with Crippen molar-refractivity contribution in [2.75, 3.05) is 20.4 Å². The van der Waals surface area contributed by atoms with Crippen molar-refractivity contribution >= 4 is 5.78 Å². The summed E-state index contributed by atoms with van der Waals surface area (Å²) in [6.45, 7) is 7.77. The second-order valence-electron chi connectivity index (χ2n) is 7.52. The van der Waals surface area contributed by atoms with E-state index < -0.39 is 0 Å². The summed E-state index contributed by atoms with van der Waals surface area (Å²) in [5, 5.41) is 0. The molecule has 0 atom stereocenters. The quantitative estimate of drug-likeness (QED) is 0.743. The minimum Gasteiger partial charge on any atom is -0.496 e. The first-order valence-electron chi connectivity index (χ1n) is 9.53. The van der Waals surface area contributed by atoms with Crippen molar-refractivity contribution in [3.63, 3.8) is 0 Å². The third-order valence-corrected chi connectivity index (χ3v) is 5.31. The average Bonchev–Trinajstić information content (AvgIpc) is 3.05. The van der Waals surface area contributed by atoms with Crippen LogP contribution >= 0.6 is 0 Å². The minimum atomic E-state index is -0.0264. The van der Waals surface area contributed by atoms with Gasteiger partial charge in [-0.15, -0.1) is 0 Å². The zero-order valence-electron chi connectivity index (χ0n) is 16.8. The Kier molecular flexibility index (Phi) is 4.85. The van der Waals surface area contributed by atoms with Crippen molar-refractivity contribution in [3.05, 3.63) is 63.9 Å². The Morgan fingerprint density at radius 2 is 2.04 bits per heavy atom. The number of ketones is 1. The van der Waals surface area contributed by atoms with E-state index in [-0.39, 0.29) is 5.78 Å². The van der Waals surface area contributed by atoms with Gasteiger partial charge in [-0.1, -0.05) is 18.2 Å². The first-order valence-corrected chi connectivity index (χ1v) is 9.53. The fourth-order valence-electron chi connectivity index (χ4n) is 3.82. The second kappa shape index (κ2) is 7.32. The number of allylic oxidation sites excluding steroid dienone is 2. The summed E-state index contributed by atoms with van der Waals surface area (Å²) in [5.41, 5.74) is 4.58. The largest absolute Gasteiger partial charge is 0.496 e. The molecule has 0 radical (unpaired) electrons. The number of fused-ring (bicyclic) bond motifs is 3. The highest BCUT2D eigenvalue weighted by atomic mass is 16.5. The van der Waals surface area contributed by atoms with Crippen LogP contribution < -0.4 is 14.2 Å². The molecule has 2 heterocycles. The van der Waals surface area contributed by atoms with Crippen molar-refractivity contribution in [1.29, 1.82) is 0 Å². The smallest absolute Gasteiger partial charge is 0.232 e. The Morgan fingerprint density at radius 3 is 2.79 bits per heavy atom. The van der Waals surface area contributed by atoms with Gasteiger partial charge in [-0.3, -0.25) is 9.69 Å². The number of aryl methyl sites for hydroxylation is 1. The molecule has 0 amide bonds. The van der Waals surface area contributed by atoms with Gasteiger partial charge >= 0.3 is 0 Å². The third kappa shape index (κ3) is 3.16. The van der Waals surface area contributed by atoms with Crippen molar-refractivity contribution in [3.8, 4) is 17.2 Å². The van der Waals surface area contributed by atoms with Crippen LogP contribution in [0.5, 0.6) is 17.2 Å². The lowest BCUT2D eigenvalue weighted by atomic mass is 9.98. The van der Waals surface area contributed by atoms with Crippen LogP contribution in [0.25, 0.3) is 0 Å². The standard InChI is InChI=1S/C23H25NO4/c1-14(2)22-21(25)20-15(3)11-19-17(23(20)28-22)12-24(13-27-19)10-9-16-7-5-6-8-18(16)26-4/h5-8,11H,9-10,12-13H2,1-4H3. The van der Waals surface area contributed by atoms with Gasteiger partial charge in [-0.2, -0.15) is 0 Å². The number of carbonyl (C=O) groups is 1. The predicted octanol–water partition coefficient (Wildman–Crippen LogP) is 4.27. The molecule has 2 aliphatic heterocycles. The number of nitrogens with zero attached hydrogens (tertiary/aromatic N) is 1. The lowest BCUT2D eigenvalue weighted by Crippen LogP contribution is -2.34. The molecule has 0 saturated heterocycles. The highest BCUT2D eigenvalue weighted by Crippen LogP contribution is 2.44. The molecule has 2 aromatic rings. The Bertz CT molecular complexity index is 973. The maximum Gasteiger partial charge on any atom is 0.232 e. The lowest BCUT2D eigenvalue weighted by molar-refractivity contribution is 0.0947. The molecule has 0 N–H and O–H groups in total. The van der Waals surface area contributed by atoms with Crippen molar-refractivity contribution in [1.82, 2.24) is 4.90 Å². The van der Waals surface area contributed by atoms with E-state index in [0.29, 0.717) is 30.3 Å². The number of ether oxygens (including phenoxy) is 3. The maximum atomic E-state index is 12.8. The van der Waals surface area contributed by atoms with Gasteiger partial charge < -0.3 is 14.2 Å². The second-order valence-corrected chi connectivity index (χ2v) is 7.52. The lowest BCUT2D eigenvalue weighted by Gasteiger charge is -2.30. The Hall–Kier alpha value is -2.79. The zero-order chi connectivity index (χ0) is 19.8. The molecule has 4 rings (SSSR count). The van der Waals surface area contributed by atoms with Gasteiger partial charge in [0.1, 0.15) is 24.0 Å². The fraction of sp³-hybridized carbons (Fsp3) is 0.348. The van der Waals surface area contributed by atoms with Crippen LogP contribution in [0.1, 0.15) is 40.9 Å². The van der Waals surface area contributed by atoms with Crippen molar-refractivity contribution < 1.29 is 19.0 Å². The molecule has 2 aromatic carbocycles. The number of hydrogen-bond acceptors (Lipinski definition) is 5. The van der Waals surface area contributed by atoms with Gasteiger partial charge in [0.25, 0.3) is 0 Å². The number of methoxy groups -OCH3 is 1. The zero-order valence-corrected chi connectivity index (χ0v) is 16.8. The Labute approximate surface area is 165 Å². The van der Waals surface area contributed by atoms with Crippen molar-refractivity contribution in [2.45, 2.75) is 33.7 Å². The molecule has 28 heavy (non-hydrogen) atoms. The number of Topliss-reactive ketones (excluding diaryl/α,β-unsaturated/α-hetero) is 1. The van der Waals surface area contributed by atoms with Crippen LogP contribution in [0.15, 0.2) is 41.7 Å². The minimum absolute atomic E-state index is 0.0264. The van der Waals surface area contributed by atoms with Gasteiger partial charge in [-0.05, 0) is 56.0 Å². The van der Waals surface area contributed by atoms with E-state index >= 15 is 0 Å². The van der Waals surface area contributed by atoms with Crippen LogP contribution in [0.3, 0.4) is 0 Å². The van der Waals surface area contributed by atoms with E-state index in [9.17, 15) is 4.79 Å². The average molecular weight is 379 g/mol. The highest BCUT2D eigenvalue weighted by molar-refractivity contribution is 6.14. The summed E-state index contributed by atoms with van der Waals surface area (Å²) in [7, 11) is 1.69. The van der Waals surface area contributed by atoms with Crippen LogP contribution in [-0.4, -0.2) is 31.1 Å². The summed E-state index contributed by atoms with van der Waals surface area (Å²) in [6, 6.07) is 10.0. The summed E-state index contributed by atoms with van der Waals surface area (Å²) < 4.78 is 17.5. The third-order valence-electron chi connectivity index (χ3n) is 5.31. The monoisotopic (exact) mass is 379 g/mol. The molecule has 5 heteroatoms. The topological polar surface area (TPSA) is 48.0 Å². The summed E-state index contributed by atoms with van der Waals surface area (Å²) in [6.07, 6.45) is 0.857. The maximum absolute atomic E-state index is 12.8. The van der Waals surface area contributed by atoms with Crippen LogP contribution in [0, 0.1) is 6.92 Å². The van der Waals surface area contributed by atoms with E-state index in [2.05, 4.69) is 11.0 Å². The molecule has 0 bridgehead atoms. The van der Waals surface area contributed by atoms with E-state index in [1.807, 2.05) is 45.0 Å². The van der Waals surface area contributed by atoms with Crippen LogP contribution in [0.4, 0.5) is 0 Å². The molecule has 146 valence electrons. The van der Waals surface area contributed by atoms with Crippen molar-refractivity contribution in [2.24, 2.45) is 0 Å². The number of para-hydroxylation sites is 1. The van der Waals surface area contributed by atoms with Gasteiger partial charge in [0.2, 0.25) is 5.78 Å². The number of benzene rings is 2. The Balaban J connectivity index is 1.58. The molecular formula is C23H25NO4. The molecule has 0 aliphatic carbocycles. The number of carbonyl (C=O) groups excluding carboxylic acids is 1. The van der Waals surface area contributed by atoms with E-state index in [4.69, 9.17) is 14.2 Å². The molecule has 0 saturated carbocycles. The highest BCUT2D eigenvalue weighted by Gasteiger charge is 2.35. The van der Waals surface area contributed by atoms with Gasteiger partial charge in [-0.25, -0.2) is 0 Å². The van der Waals surface area contributed by atoms with Crippen LogP contribution in [0.2, 0.25) is 0 Å². The first-order chi connectivity index (χ1) is 13.5. The molecule has 0 aromatic heterocycles. The van der Waals surface area contributed by atoms with E-state index in [1.165, 1.54) is 5.56 Å². The molecule has 0 fully saturated rings. The van der Waals surface area contributed by atoms with Crippen LogP contribution in [-0.2, 0) is 13.0 Å². The normalized spacial score (nSPS) is 15.6. The number of rotatable bonds is 4. The summed E-state index contributed by atoms with van der Waals surface area (Å²) in [4.78, 5) is 15.0. The van der Waals surface area contributed by atoms with Gasteiger partial charge in [0.15, 0.2) is 5.76 Å². The fourth-order valence-corrected chi connectivity index (χ4v) is 3.82. The molecular weight excluding hydrogens is 354 g/mol. The number of hydrogen-bond donors (Lipinski definition) is 0. The first kappa shape index (κ1) is 18.6. The predicted molar refractivity (Wildman–Crippen MR) is 107 cm³/mol. The molecule has 2 aliphatic rings. The summed E-state index contributed by atoms with van der Waals surface area (Å²) in [5.74, 6) is 2.80. The van der Waals surface area contributed by atoms with Gasteiger partial charge in [0, 0.05) is 13.1 Å². The van der Waals surface area contributed by atoms with E-state index in [0.717, 1.165) is 41.2 Å². The van der Waals surface area contributed by atoms with E-state index in [1.54, 1.807) is 7.11 Å². The Morgan fingerprint density at radius 1 is 1.25 bits per heavy atom. The van der Waals surface area contributed by atoms with Gasteiger partial charge in [0.05, 0.1) is 18.2 Å². The summed E-state index contributed by atoms with van der Waals surface area (Å²) >= 11 is 0.